The first-order chi connectivity index (χ1) is 11.3. The molecule has 1 aromatic rings. The minimum Gasteiger partial charge on any atom is -0.455 e. The third kappa shape index (κ3) is 2.47. The van der Waals surface area contributed by atoms with Gasteiger partial charge in [0.05, 0.1) is 10.5 Å². The number of hydrogen-bond donors (Lipinski definition) is 1. The molecule has 4 aliphatic rings. The Hall–Kier alpha value is -1.40. The summed E-state index contributed by atoms with van der Waals surface area (Å²) in [6.45, 7) is 2.04. The highest BCUT2D eigenvalue weighted by Crippen LogP contribution is 2.59. The third-order valence-corrected chi connectivity index (χ3v) is 7.45. The Labute approximate surface area is 142 Å². The van der Waals surface area contributed by atoms with Gasteiger partial charge in [-0.1, -0.05) is 12.1 Å². The molecule has 0 unspecified atom stereocenters. The second-order valence-electron chi connectivity index (χ2n) is 7.92. The molecule has 4 aliphatic carbocycles. The lowest BCUT2D eigenvalue weighted by Crippen LogP contribution is -2.58. The maximum atomic E-state index is 12.8. The summed E-state index contributed by atoms with van der Waals surface area (Å²) >= 11 is 0. The number of rotatable bonds is 3. The lowest BCUT2D eigenvalue weighted by molar-refractivity contribution is -0.165. The summed E-state index contributed by atoms with van der Waals surface area (Å²) in [5.41, 5.74) is -0.453. The van der Waals surface area contributed by atoms with Crippen molar-refractivity contribution in [3.63, 3.8) is 0 Å². The molecule has 0 atom stereocenters. The average molecular weight is 349 g/mol. The van der Waals surface area contributed by atoms with Crippen LogP contribution >= 0.6 is 0 Å². The number of hydrogen-bond acceptors (Lipinski definition) is 4. The van der Waals surface area contributed by atoms with Gasteiger partial charge in [0.15, 0.2) is 0 Å². The van der Waals surface area contributed by atoms with Crippen LogP contribution in [-0.2, 0) is 14.8 Å². The summed E-state index contributed by atoms with van der Waals surface area (Å²) < 4.78 is 29.5. The molecule has 5 rings (SSSR count). The zero-order chi connectivity index (χ0) is 17.1. The molecule has 0 aromatic heterocycles. The molecule has 6 heteroatoms. The Balaban J connectivity index is 1.63. The van der Waals surface area contributed by atoms with Crippen LogP contribution in [0.15, 0.2) is 29.2 Å². The Bertz CT molecular complexity index is 758. The van der Waals surface area contributed by atoms with Crippen LogP contribution in [0.25, 0.3) is 0 Å². The Morgan fingerprint density at radius 1 is 1.08 bits per heavy atom. The van der Waals surface area contributed by atoms with Crippen molar-refractivity contribution in [2.45, 2.75) is 49.5 Å². The lowest BCUT2D eigenvalue weighted by Gasteiger charge is -2.59. The van der Waals surface area contributed by atoms with Crippen molar-refractivity contribution in [2.75, 3.05) is 0 Å². The molecular weight excluding hydrogens is 326 g/mol. The highest BCUT2D eigenvalue weighted by molar-refractivity contribution is 7.89. The Kier molecular flexibility index (Phi) is 3.55. The molecule has 0 radical (unpaired) electrons. The number of nitrogens with two attached hydrogens (primary N) is 1. The van der Waals surface area contributed by atoms with Crippen molar-refractivity contribution in [2.24, 2.45) is 28.8 Å². The van der Waals surface area contributed by atoms with Crippen molar-refractivity contribution in [1.29, 1.82) is 0 Å². The molecule has 0 amide bonds. The van der Waals surface area contributed by atoms with Crippen molar-refractivity contribution >= 4 is 16.0 Å². The maximum absolute atomic E-state index is 12.8. The van der Waals surface area contributed by atoms with Gasteiger partial charge in [0.2, 0.25) is 10.0 Å². The number of primary sulfonamides is 1. The van der Waals surface area contributed by atoms with E-state index >= 15 is 0 Å². The fourth-order valence-electron chi connectivity index (χ4n) is 5.42. The highest BCUT2D eigenvalue weighted by atomic mass is 32.2. The summed E-state index contributed by atoms with van der Waals surface area (Å²) in [7, 11) is -3.96. The van der Waals surface area contributed by atoms with Gasteiger partial charge in [-0.05, 0) is 74.8 Å². The first-order valence-corrected chi connectivity index (χ1v) is 10.2. The minimum atomic E-state index is -3.96. The second kappa shape index (κ2) is 5.30. The van der Waals surface area contributed by atoms with E-state index in [4.69, 9.17) is 9.88 Å². The number of benzene rings is 1. The first kappa shape index (κ1) is 16.1. The largest absolute Gasteiger partial charge is 0.455 e. The number of ether oxygens (including phenoxy) is 1. The molecule has 0 aliphatic heterocycles. The predicted octanol–water partition coefficient (Wildman–Crippen LogP) is 2.71. The van der Waals surface area contributed by atoms with Crippen molar-refractivity contribution < 1.29 is 17.9 Å². The van der Waals surface area contributed by atoms with E-state index in [1.807, 2.05) is 6.92 Å². The van der Waals surface area contributed by atoms with Crippen LogP contribution in [0.2, 0.25) is 0 Å². The number of carbonyl (C=O) groups excluding carboxylic acids is 1. The molecule has 0 spiro atoms. The van der Waals surface area contributed by atoms with Gasteiger partial charge >= 0.3 is 5.97 Å². The van der Waals surface area contributed by atoms with Gasteiger partial charge in [0.1, 0.15) is 5.60 Å². The monoisotopic (exact) mass is 349 g/mol. The molecule has 4 bridgehead atoms. The first-order valence-electron chi connectivity index (χ1n) is 8.62. The summed E-state index contributed by atoms with van der Waals surface area (Å²) in [5.74, 6) is 1.75. The average Bonchev–Trinajstić information content (AvgIpc) is 2.51. The normalized spacial score (nSPS) is 37.4. The molecule has 4 fully saturated rings. The van der Waals surface area contributed by atoms with Gasteiger partial charge in [0.25, 0.3) is 0 Å². The summed E-state index contributed by atoms with van der Waals surface area (Å²) in [5, 5.41) is 5.24. The van der Waals surface area contributed by atoms with E-state index in [0.29, 0.717) is 11.8 Å². The van der Waals surface area contributed by atoms with Crippen LogP contribution in [-0.4, -0.2) is 20.0 Å². The van der Waals surface area contributed by atoms with E-state index < -0.39 is 21.6 Å². The number of esters is 1. The fraction of sp³-hybridized carbons (Fsp3) is 0.611. The van der Waals surface area contributed by atoms with E-state index in [1.165, 1.54) is 18.6 Å². The highest BCUT2D eigenvalue weighted by Gasteiger charge is 2.57. The second-order valence-corrected chi connectivity index (χ2v) is 9.45. The predicted molar refractivity (Wildman–Crippen MR) is 88.7 cm³/mol. The van der Waals surface area contributed by atoms with E-state index in [2.05, 4.69) is 0 Å². The van der Waals surface area contributed by atoms with Gasteiger partial charge in [-0.25, -0.2) is 18.4 Å². The van der Waals surface area contributed by atoms with Gasteiger partial charge in [-0.15, -0.1) is 0 Å². The van der Waals surface area contributed by atoms with E-state index in [1.54, 1.807) is 12.1 Å². The zero-order valence-electron chi connectivity index (χ0n) is 13.8. The van der Waals surface area contributed by atoms with E-state index in [0.717, 1.165) is 37.5 Å². The van der Waals surface area contributed by atoms with Crippen LogP contribution in [0.5, 0.6) is 0 Å². The van der Waals surface area contributed by atoms with Crippen LogP contribution in [0.3, 0.4) is 0 Å². The van der Waals surface area contributed by atoms with Crippen LogP contribution in [0, 0.1) is 23.7 Å². The van der Waals surface area contributed by atoms with Gasteiger partial charge in [-0.2, -0.15) is 0 Å². The van der Waals surface area contributed by atoms with Crippen LogP contribution in [0.4, 0.5) is 0 Å². The molecule has 24 heavy (non-hydrogen) atoms. The minimum absolute atomic E-state index is 0.0371. The lowest BCUT2D eigenvalue weighted by atomic mass is 9.50. The fourth-order valence-corrected chi connectivity index (χ4v) is 6.15. The molecule has 5 nitrogen and oxygen atoms in total. The number of carbonyl (C=O) groups is 1. The zero-order valence-corrected chi connectivity index (χ0v) is 14.6. The van der Waals surface area contributed by atoms with E-state index in [9.17, 15) is 13.2 Å². The summed E-state index contributed by atoms with van der Waals surface area (Å²) in [6.07, 6.45) is 5.80. The Morgan fingerprint density at radius 3 is 2.17 bits per heavy atom. The number of sulfonamides is 1. The molecule has 1 aromatic carbocycles. The standard InChI is InChI=1S/C18H23NO4S/c1-18(13-7-11-6-12(9-13)10-14(18)8-11)23-17(20)15-4-2-3-5-16(15)24(19,21)22/h2-5,11-14H,6-10H2,1H3,(H2,19,21,22). The van der Waals surface area contributed by atoms with Crippen LogP contribution < -0.4 is 5.14 Å². The van der Waals surface area contributed by atoms with Crippen molar-refractivity contribution in [1.82, 2.24) is 0 Å². The van der Waals surface area contributed by atoms with Gasteiger partial charge < -0.3 is 4.74 Å². The summed E-state index contributed by atoms with van der Waals surface area (Å²) in [4.78, 5) is 12.6. The quantitative estimate of drug-likeness (QED) is 0.850. The van der Waals surface area contributed by atoms with Crippen molar-refractivity contribution in [3.05, 3.63) is 29.8 Å². The van der Waals surface area contributed by atoms with Gasteiger partial charge in [-0.3, -0.25) is 0 Å². The van der Waals surface area contributed by atoms with Crippen molar-refractivity contribution in [3.8, 4) is 0 Å². The van der Waals surface area contributed by atoms with Crippen LogP contribution in [0.1, 0.15) is 49.4 Å². The SMILES string of the molecule is CC1(OC(=O)c2ccccc2S(N)(=O)=O)C2CC3CC(C2)CC1C3. The summed E-state index contributed by atoms with van der Waals surface area (Å²) in [6, 6.07) is 6.01. The topological polar surface area (TPSA) is 86.5 Å². The third-order valence-electron chi connectivity index (χ3n) is 6.49. The maximum Gasteiger partial charge on any atom is 0.340 e. The molecule has 0 heterocycles. The smallest absolute Gasteiger partial charge is 0.340 e. The molecule has 130 valence electrons. The molecule has 0 saturated heterocycles. The Morgan fingerprint density at radius 2 is 1.62 bits per heavy atom. The van der Waals surface area contributed by atoms with Gasteiger partial charge in [0, 0.05) is 0 Å². The molecule has 2 N–H and O–H groups in total. The molecular formula is C18H23NO4S. The molecule has 4 saturated carbocycles. The van der Waals surface area contributed by atoms with E-state index in [-0.39, 0.29) is 10.5 Å².